The maximum absolute atomic E-state index is 6.79. The quantitative estimate of drug-likeness (QED) is 0.204. The molecular formula is C42H25NO3. The fourth-order valence-corrected chi connectivity index (χ4v) is 7.04. The largest absolute Gasteiger partial charge is 0.456 e. The lowest BCUT2D eigenvalue weighted by Gasteiger charge is -2.26. The second-order valence-corrected chi connectivity index (χ2v) is 11.7. The summed E-state index contributed by atoms with van der Waals surface area (Å²) in [5, 5.41) is 6.14. The minimum atomic E-state index is 0.760. The maximum Gasteiger partial charge on any atom is 0.149 e. The summed E-state index contributed by atoms with van der Waals surface area (Å²) in [4.78, 5) is 2.30. The predicted octanol–water partition coefficient (Wildman–Crippen LogP) is 12.5. The Kier molecular flexibility index (Phi) is 5.25. The molecule has 216 valence electrons. The molecule has 0 aliphatic heterocycles. The van der Waals surface area contributed by atoms with Crippen molar-refractivity contribution in [3.63, 3.8) is 0 Å². The summed E-state index contributed by atoms with van der Waals surface area (Å²) in [7, 11) is 0. The molecule has 0 unspecified atom stereocenters. The van der Waals surface area contributed by atoms with Crippen molar-refractivity contribution in [2.45, 2.75) is 0 Å². The van der Waals surface area contributed by atoms with Crippen LogP contribution in [-0.2, 0) is 0 Å². The number of furan rings is 3. The number of benzene rings is 7. The number of fused-ring (bicyclic) bond motifs is 11. The Morgan fingerprint density at radius 2 is 0.891 bits per heavy atom. The smallest absolute Gasteiger partial charge is 0.149 e. The number of nitrogens with zero attached hydrogens (tertiary/aromatic N) is 1. The normalized spacial score (nSPS) is 11.9. The third kappa shape index (κ3) is 3.61. The molecule has 3 heterocycles. The van der Waals surface area contributed by atoms with Crippen LogP contribution in [0.1, 0.15) is 0 Å². The Hall–Kier alpha value is -6.26. The lowest BCUT2D eigenvalue weighted by molar-refractivity contribution is 0.660. The SMILES string of the molecule is c1ccc(-c2ccc(N(c3ccccc3)c3cc4oc5ccc6oc7ccccc7c6c5c4c4oc5ccccc5c34)cc2)cc1. The minimum absolute atomic E-state index is 0.760. The zero-order valence-electron chi connectivity index (χ0n) is 24.6. The van der Waals surface area contributed by atoms with Gasteiger partial charge in [-0.25, -0.2) is 0 Å². The van der Waals surface area contributed by atoms with Crippen LogP contribution in [0.4, 0.5) is 17.1 Å². The molecule has 0 spiro atoms. The van der Waals surface area contributed by atoms with Crippen molar-refractivity contribution in [2.24, 2.45) is 0 Å². The molecule has 0 N–H and O–H groups in total. The second kappa shape index (κ2) is 9.62. The van der Waals surface area contributed by atoms with Crippen molar-refractivity contribution in [3.8, 4) is 11.1 Å². The lowest BCUT2D eigenvalue weighted by atomic mass is 10.0. The molecule has 7 aromatic carbocycles. The average molecular weight is 592 g/mol. The van der Waals surface area contributed by atoms with Gasteiger partial charge in [-0.05, 0) is 59.7 Å². The molecule has 0 amide bonds. The zero-order chi connectivity index (χ0) is 30.2. The van der Waals surface area contributed by atoms with Gasteiger partial charge in [0, 0.05) is 39.0 Å². The van der Waals surface area contributed by atoms with Crippen LogP contribution < -0.4 is 4.90 Å². The van der Waals surface area contributed by atoms with Gasteiger partial charge in [0.1, 0.15) is 33.5 Å². The van der Waals surface area contributed by atoms with E-state index in [2.05, 4.69) is 102 Å². The Morgan fingerprint density at radius 1 is 0.348 bits per heavy atom. The molecule has 10 rings (SSSR count). The van der Waals surface area contributed by atoms with Crippen LogP contribution in [0.15, 0.2) is 165 Å². The van der Waals surface area contributed by atoms with Gasteiger partial charge >= 0.3 is 0 Å². The monoisotopic (exact) mass is 591 g/mol. The van der Waals surface area contributed by atoms with E-state index >= 15 is 0 Å². The standard InChI is InChI=1S/C42H25NO3/c1-3-11-26(12-4-1)27-19-21-29(22-20-27)43(28-13-5-2-6-14-28)32-25-37-41(42-38(32)30-15-7-10-18-34(30)46-42)40-36(45-37)24-23-35-39(40)31-16-8-9-17-33(31)44-35/h1-25H. The van der Waals surface area contributed by atoms with Crippen LogP contribution in [0, 0.1) is 0 Å². The zero-order valence-corrected chi connectivity index (χ0v) is 24.6. The van der Waals surface area contributed by atoms with E-state index in [1.54, 1.807) is 0 Å². The molecule has 0 bridgehead atoms. The second-order valence-electron chi connectivity index (χ2n) is 11.7. The Balaban J connectivity index is 1.32. The van der Waals surface area contributed by atoms with Crippen LogP contribution in [-0.4, -0.2) is 0 Å². The molecular weight excluding hydrogens is 566 g/mol. The fraction of sp³-hybridized carbons (Fsp3) is 0. The highest BCUT2D eigenvalue weighted by atomic mass is 16.3. The highest BCUT2D eigenvalue weighted by molar-refractivity contribution is 6.33. The van der Waals surface area contributed by atoms with Crippen LogP contribution in [0.2, 0.25) is 0 Å². The average Bonchev–Trinajstić information content (AvgIpc) is 3.80. The molecule has 0 atom stereocenters. The summed E-state index contributed by atoms with van der Waals surface area (Å²) in [6, 6.07) is 52.3. The third-order valence-corrected chi connectivity index (χ3v) is 9.06. The number of hydrogen-bond donors (Lipinski definition) is 0. The molecule has 0 saturated carbocycles. The number of anilines is 3. The summed E-state index contributed by atoms with van der Waals surface area (Å²) in [5.41, 5.74) is 10.3. The van der Waals surface area contributed by atoms with Crippen LogP contribution in [0.5, 0.6) is 0 Å². The highest BCUT2D eigenvalue weighted by Gasteiger charge is 2.26. The highest BCUT2D eigenvalue weighted by Crippen LogP contribution is 2.50. The molecule has 10 aromatic rings. The molecule has 0 aliphatic carbocycles. The number of rotatable bonds is 4. The Bertz CT molecular complexity index is 2730. The van der Waals surface area contributed by atoms with E-state index in [1.807, 2.05) is 54.6 Å². The topological polar surface area (TPSA) is 42.7 Å². The van der Waals surface area contributed by atoms with Crippen LogP contribution >= 0.6 is 0 Å². The predicted molar refractivity (Wildman–Crippen MR) is 188 cm³/mol. The van der Waals surface area contributed by atoms with Crippen molar-refractivity contribution in [1.82, 2.24) is 0 Å². The van der Waals surface area contributed by atoms with Crippen molar-refractivity contribution in [2.75, 3.05) is 4.90 Å². The summed E-state index contributed by atoms with van der Waals surface area (Å²) < 4.78 is 19.8. The van der Waals surface area contributed by atoms with E-state index in [0.717, 1.165) is 82.9 Å². The first-order valence-electron chi connectivity index (χ1n) is 15.4. The number of para-hydroxylation sites is 3. The fourth-order valence-electron chi connectivity index (χ4n) is 7.04. The van der Waals surface area contributed by atoms with Gasteiger partial charge in [-0.1, -0.05) is 97.1 Å². The van der Waals surface area contributed by atoms with Crippen molar-refractivity contribution < 1.29 is 13.3 Å². The Morgan fingerprint density at radius 3 is 1.63 bits per heavy atom. The first-order valence-corrected chi connectivity index (χ1v) is 15.4. The van der Waals surface area contributed by atoms with E-state index in [1.165, 1.54) is 11.1 Å². The Labute approximate surface area is 263 Å². The maximum atomic E-state index is 6.79. The van der Waals surface area contributed by atoms with E-state index in [0.29, 0.717) is 0 Å². The molecule has 46 heavy (non-hydrogen) atoms. The summed E-state index contributed by atoms with van der Waals surface area (Å²) in [6.07, 6.45) is 0. The first-order chi connectivity index (χ1) is 22.8. The van der Waals surface area contributed by atoms with Crippen molar-refractivity contribution in [3.05, 3.63) is 152 Å². The molecule has 0 fully saturated rings. The van der Waals surface area contributed by atoms with Gasteiger partial charge in [-0.3, -0.25) is 0 Å². The lowest BCUT2D eigenvalue weighted by Crippen LogP contribution is -2.10. The van der Waals surface area contributed by atoms with Crippen molar-refractivity contribution >= 4 is 82.9 Å². The summed E-state index contributed by atoms with van der Waals surface area (Å²) >= 11 is 0. The summed E-state index contributed by atoms with van der Waals surface area (Å²) in [5.74, 6) is 0. The molecule has 3 aromatic heterocycles. The van der Waals surface area contributed by atoms with Gasteiger partial charge in [-0.15, -0.1) is 0 Å². The van der Waals surface area contributed by atoms with E-state index in [4.69, 9.17) is 13.3 Å². The van der Waals surface area contributed by atoms with Gasteiger partial charge in [-0.2, -0.15) is 0 Å². The van der Waals surface area contributed by atoms with Crippen LogP contribution in [0.25, 0.3) is 76.9 Å². The minimum Gasteiger partial charge on any atom is -0.456 e. The van der Waals surface area contributed by atoms with Crippen molar-refractivity contribution in [1.29, 1.82) is 0 Å². The van der Waals surface area contributed by atoms with Gasteiger partial charge < -0.3 is 18.2 Å². The third-order valence-electron chi connectivity index (χ3n) is 9.06. The van der Waals surface area contributed by atoms with Crippen LogP contribution in [0.3, 0.4) is 0 Å². The summed E-state index contributed by atoms with van der Waals surface area (Å²) in [6.45, 7) is 0. The van der Waals surface area contributed by atoms with E-state index in [9.17, 15) is 0 Å². The number of hydrogen-bond acceptors (Lipinski definition) is 4. The molecule has 0 aliphatic rings. The van der Waals surface area contributed by atoms with Gasteiger partial charge in [0.15, 0.2) is 0 Å². The molecule has 0 radical (unpaired) electrons. The van der Waals surface area contributed by atoms with Gasteiger partial charge in [0.2, 0.25) is 0 Å². The van der Waals surface area contributed by atoms with E-state index < -0.39 is 0 Å². The van der Waals surface area contributed by atoms with E-state index in [-0.39, 0.29) is 0 Å². The molecule has 0 saturated heterocycles. The van der Waals surface area contributed by atoms with Gasteiger partial charge in [0.25, 0.3) is 0 Å². The molecule has 4 heteroatoms. The molecule has 4 nitrogen and oxygen atoms in total. The van der Waals surface area contributed by atoms with Gasteiger partial charge in [0.05, 0.1) is 16.5 Å². The first kappa shape index (κ1) is 25.1.